The van der Waals surface area contributed by atoms with Crippen molar-refractivity contribution < 1.29 is 5.11 Å². The van der Waals surface area contributed by atoms with Gasteiger partial charge in [-0.3, -0.25) is 0 Å². The van der Waals surface area contributed by atoms with E-state index >= 15 is 0 Å². The standard InChI is InChI=1S/C17H29BrOS/c1-7-20(8-2,9-3)15-11-14(17(4,5)6)10-13(12-18)16(15)19/h10-11,19H,7-9,12H2,1-6H3. The number of aromatic hydroxyl groups is 1. The van der Waals surface area contributed by atoms with E-state index in [4.69, 9.17) is 0 Å². The van der Waals surface area contributed by atoms with Crippen molar-refractivity contribution in [3.8, 4) is 5.75 Å². The molecule has 116 valence electrons. The number of halogens is 1. The summed E-state index contributed by atoms with van der Waals surface area (Å²) < 4.78 is 0. The summed E-state index contributed by atoms with van der Waals surface area (Å²) in [5, 5.41) is 11.4. The molecule has 1 aromatic carbocycles. The van der Waals surface area contributed by atoms with Crippen LogP contribution in [0, 0.1) is 0 Å². The summed E-state index contributed by atoms with van der Waals surface area (Å²) >= 11 is 3.53. The van der Waals surface area contributed by atoms with E-state index in [1.807, 2.05) is 0 Å². The summed E-state index contributed by atoms with van der Waals surface area (Å²) in [6, 6.07) is 4.42. The molecule has 0 aromatic heterocycles. The third-order valence-electron chi connectivity index (χ3n) is 4.29. The van der Waals surface area contributed by atoms with Crippen molar-refractivity contribution in [2.75, 3.05) is 17.3 Å². The Labute approximate surface area is 134 Å². The minimum Gasteiger partial charge on any atom is -0.507 e. The van der Waals surface area contributed by atoms with Crippen LogP contribution in [0.25, 0.3) is 0 Å². The maximum atomic E-state index is 10.7. The first-order valence-electron chi connectivity index (χ1n) is 7.44. The van der Waals surface area contributed by atoms with Gasteiger partial charge in [0.25, 0.3) is 0 Å². The van der Waals surface area contributed by atoms with Gasteiger partial charge in [0, 0.05) is 15.8 Å². The van der Waals surface area contributed by atoms with Crippen LogP contribution in [0.1, 0.15) is 52.7 Å². The van der Waals surface area contributed by atoms with E-state index in [1.54, 1.807) is 0 Å². The maximum absolute atomic E-state index is 10.7. The van der Waals surface area contributed by atoms with Gasteiger partial charge in [-0.1, -0.05) is 63.5 Å². The monoisotopic (exact) mass is 360 g/mol. The lowest BCUT2D eigenvalue weighted by Crippen LogP contribution is -2.15. The summed E-state index contributed by atoms with van der Waals surface area (Å²) in [6.07, 6.45) is 0. The lowest BCUT2D eigenvalue weighted by atomic mass is 9.86. The van der Waals surface area contributed by atoms with E-state index in [1.165, 1.54) is 10.5 Å². The molecule has 0 atom stereocenters. The molecule has 0 aliphatic heterocycles. The Morgan fingerprint density at radius 1 is 1.05 bits per heavy atom. The summed E-state index contributed by atoms with van der Waals surface area (Å²) in [5.41, 5.74) is 2.46. The van der Waals surface area contributed by atoms with Gasteiger partial charge in [0.15, 0.2) is 0 Å². The van der Waals surface area contributed by atoms with Crippen LogP contribution in [-0.2, 0) is 10.7 Å². The zero-order chi connectivity index (χ0) is 15.6. The van der Waals surface area contributed by atoms with Gasteiger partial charge in [0.05, 0.1) is 0 Å². The quantitative estimate of drug-likeness (QED) is 0.657. The third-order valence-corrected chi connectivity index (χ3v) is 9.45. The van der Waals surface area contributed by atoms with Gasteiger partial charge in [-0.2, -0.15) is 0 Å². The summed E-state index contributed by atoms with van der Waals surface area (Å²) in [6.45, 7) is 13.5. The molecule has 0 unspecified atom stereocenters. The molecule has 0 radical (unpaired) electrons. The van der Waals surface area contributed by atoms with Crippen molar-refractivity contribution in [2.45, 2.75) is 57.2 Å². The Morgan fingerprint density at radius 2 is 1.55 bits per heavy atom. The number of phenols is 1. The molecule has 0 spiro atoms. The van der Waals surface area contributed by atoms with Crippen LogP contribution in [0.2, 0.25) is 0 Å². The van der Waals surface area contributed by atoms with Crippen molar-refractivity contribution in [1.82, 2.24) is 0 Å². The van der Waals surface area contributed by atoms with Crippen LogP contribution in [0.15, 0.2) is 17.0 Å². The first kappa shape index (κ1) is 17.9. The van der Waals surface area contributed by atoms with Gasteiger partial charge in [-0.25, -0.2) is 10.0 Å². The molecule has 0 saturated carbocycles. The lowest BCUT2D eigenvalue weighted by molar-refractivity contribution is 0.455. The van der Waals surface area contributed by atoms with E-state index in [0.29, 0.717) is 11.1 Å². The zero-order valence-electron chi connectivity index (χ0n) is 13.7. The second kappa shape index (κ2) is 6.74. The van der Waals surface area contributed by atoms with Gasteiger partial charge < -0.3 is 5.11 Å². The fraction of sp³-hybridized carbons (Fsp3) is 0.647. The molecular formula is C17H29BrOS. The fourth-order valence-corrected chi connectivity index (χ4v) is 6.11. The SMILES string of the molecule is CCS(CC)(CC)c1cc(C(C)(C)C)cc(CBr)c1O. The van der Waals surface area contributed by atoms with Crippen molar-refractivity contribution in [1.29, 1.82) is 0 Å². The van der Waals surface area contributed by atoms with Crippen molar-refractivity contribution in [3.05, 3.63) is 23.3 Å². The van der Waals surface area contributed by atoms with Crippen LogP contribution < -0.4 is 0 Å². The summed E-state index contributed by atoms with van der Waals surface area (Å²) in [7, 11) is -0.906. The van der Waals surface area contributed by atoms with Crippen LogP contribution >= 0.6 is 26.0 Å². The molecule has 0 fully saturated rings. The summed E-state index contributed by atoms with van der Waals surface area (Å²) in [4.78, 5) is 1.21. The molecule has 1 N–H and O–H groups in total. The molecule has 0 bridgehead atoms. The van der Waals surface area contributed by atoms with Crippen molar-refractivity contribution in [3.63, 3.8) is 0 Å². The highest BCUT2D eigenvalue weighted by Crippen LogP contribution is 2.59. The van der Waals surface area contributed by atoms with Gasteiger partial charge in [-0.15, -0.1) is 0 Å². The Kier molecular flexibility index (Phi) is 6.03. The molecule has 20 heavy (non-hydrogen) atoms. The predicted octanol–water partition coefficient (Wildman–Crippen LogP) is 5.81. The number of hydrogen-bond acceptors (Lipinski definition) is 1. The van der Waals surface area contributed by atoms with E-state index in [-0.39, 0.29) is 5.41 Å². The fourth-order valence-electron chi connectivity index (χ4n) is 2.61. The van der Waals surface area contributed by atoms with Crippen LogP contribution in [0.4, 0.5) is 0 Å². The second-order valence-electron chi connectivity index (χ2n) is 6.28. The Morgan fingerprint density at radius 3 is 1.90 bits per heavy atom. The maximum Gasteiger partial charge on any atom is 0.131 e. The minimum atomic E-state index is -0.906. The first-order chi connectivity index (χ1) is 9.25. The zero-order valence-corrected chi connectivity index (χ0v) is 16.1. The van der Waals surface area contributed by atoms with Crippen molar-refractivity contribution >= 4 is 26.0 Å². The van der Waals surface area contributed by atoms with Gasteiger partial charge in [0.1, 0.15) is 5.75 Å². The molecule has 1 nitrogen and oxygen atoms in total. The van der Waals surface area contributed by atoms with Gasteiger partial charge in [0.2, 0.25) is 0 Å². The molecule has 0 saturated heterocycles. The number of alkyl halides is 1. The Hall–Kier alpha value is -0.150. The Bertz CT molecular complexity index is 451. The first-order valence-corrected chi connectivity index (χ1v) is 10.7. The van der Waals surface area contributed by atoms with Crippen LogP contribution in [0.5, 0.6) is 5.75 Å². The smallest absolute Gasteiger partial charge is 0.131 e. The van der Waals surface area contributed by atoms with Gasteiger partial charge >= 0.3 is 0 Å². The normalized spacial score (nSPS) is 13.6. The molecule has 0 aliphatic carbocycles. The second-order valence-corrected chi connectivity index (χ2v) is 11.1. The Balaban J connectivity index is 3.60. The molecule has 3 heteroatoms. The largest absolute Gasteiger partial charge is 0.507 e. The number of hydrogen-bond donors (Lipinski definition) is 1. The highest BCUT2D eigenvalue weighted by atomic mass is 79.9. The molecule has 0 amide bonds. The molecule has 0 aliphatic rings. The van der Waals surface area contributed by atoms with Crippen molar-refractivity contribution in [2.24, 2.45) is 0 Å². The van der Waals surface area contributed by atoms with Crippen LogP contribution in [-0.4, -0.2) is 22.4 Å². The average Bonchev–Trinajstić information content (AvgIpc) is 2.41. The van der Waals surface area contributed by atoms with E-state index in [0.717, 1.165) is 22.8 Å². The number of rotatable bonds is 5. The predicted molar refractivity (Wildman–Crippen MR) is 96.9 cm³/mol. The summed E-state index contributed by atoms with van der Waals surface area (Å²) in [5.74, 6) is 3.95. The topological polar surface area (TPSA) is 20.2 Å². The molecule has 1 rings (SSSR count). The van der Waals surface area contributed by atoms with E-state index in [2.05, 4.69) is 69.6 Å². The number of phenolic OH excluding ortho intramolecular Hbond substituents is 1. The van der Waals surface area contributed by atoms with Crippen LogP contribution in [0.3, 0.4) is 0 Å². The number of benzene rings is 1. The third kappa shape index (κ3) is 3.36. The van der Waals surface area contributed by atoms with Gasteiger partial charge in [-0.05, 0) is 34.3 Å². The molecule has 1 aromatic rings. The minimum absolute atomic E-state index is 0.111. The molecule has 0 heterocycles. The van der Waals surface area contributed by atoms with E-state index < -0.39 is 10.0 Å². The highest BCUT2D eigenvalue weighted by Gasteiger charge is 2.27. The molecular weight excluding hydrogens is 332 g/mol. The average molecular weight is 361 g/mol. The van der Waals surface area contributed by atoms with E-state index in [9.17, 15) is 5.11 Å². The lowest BCUT2D eigenvalue weighted by Gasteiger charge is -2.39. The highest BCUT2D eigenvalue weighted by molar-refractivity contribution is 9.08.